The minimum atomic E-state index is 0.246. The van der Waals surface area contributed by atoms with Crippen molar-refractivity contribution in [2.45, 2.75) is 52.3 Å². The van der Waals surface area contributed by atoms with Crippen LogP contribution in [0.3, 0.4) is 0 Å². The molecule has 134 valence electrons. The molecule has 3 heterocycles. The zero-order chi connectivity index (χ0) is 17.2. The van der Waals surface area contributed by atoms with Crippen molar-refractivity contribution in [2.24, 2.45) is 5.92 Å². The summed E-state index contributed by atoms with van der Waals surface area (Å²) < 4.78 is 13.9. The molecule has 0 bridgehead atoms. The van der Waals surface area contributed by atoms with E-state index in [2.05, 4.69) is 39.1 Å². The first-order valence-corrected chi connectivity index (χ1v) is 9.25. The second kappa shape index (κ2) is 7.04. The van der Waals surface area contributed by atoms with Gasteiger partial charge in [-0.25, -0.2) is 0 Å². The van der Waals surface area contributed by atoms with E-state index in [1.54, 1.807) is 0 Å². The molecule has 2 atom stereocenters. The number of benzene rings is 1. The summed E-state index contributed by atoms with van der Waals surface area (Å²) in [6.07, 6.45) is 5.23. The Kier molecular flexibility index (Phi) is 4.61. The minimum absolute atomic E-state index is 0.246. The van der Waals surface area contributed by atoms with Gasteiger partial charge in [0.05, 0.1) is 6.61 Å². The van der Waals surface area contributed by atoms with E-state index in [0.29, 0.717) is 12.5 Å². The molecule has 6 heteroatoms. The monoisotopic (exact) mass is 342 g/mol. The average Bonchev–Trinajstić information content (AvgIpc) is 3.20. The Balaban J connectivity index is 1.39. The molecule has 0 unspecified atom stereocenters. The van der Waals surface area contributed by atoms with Crippen LogP contribution in [0.4, 0.5) is 0 Å². The number of rotatable bonds is 6. The van der Waals surface area contributed by atoms with Crippen molar-refractivity contribution >= 4 is 0 Å². The Labute approximate surface area is 148 Å². The van der Waals surface area contributed by atoms with E-state index in [1.165, 1.54) is 11.1 Å². The Morgan fingerprint density at radius 2 is 2.32 bits per heavy atom. The van der Waals surface area contributed by atoms with E-state index >= 15 is 0 Å². The smallest absolute Gasteiger partial charge is 0.132 e. The van der Waals surface area contributed by atoms with Crippen LogP contribution in [0.1, 0.15) is 37.2 Å². The summed E-state index contributed by atoms with van der Waals surface area (Å²) in [7, 11) is 0. The molecule has 0 fully saturated rings. The summed E-state index contributed by atoms with van der Waals surface area (Å²) in [4.78, 5) is 0. The Bertz CT molecular complexity index is 743. The van der Waals surface area contributed by atoms with Gasteiger partial charge in [0.2, 0.25) is 0 Å². The lowest BCUT2D eigenvalue weighted by Gasteiger charge is -2.23. The normalized spacial score (nSPS) is 21.5. The molecule has 2 aliphatic rings. The van der Waals surface area contributed by atoms with Gasteiger partial charge in [-0.3, -0.25) is 0 Å². The summed E-state index contributed by atoms with van der Waals surface area (Å²) in [5.41, 5.74) is 2.47. The second-order valence-electron chi connectivity index (χ2n) is 7.07. The minimum Gasteiger partial charge on any atom is -0.494 e. The lowest BCUT2D eigenvalue weighted by molar-refractivity contribution is 0.251. The maximum Gasteiger partial charge on any atom is 0.132 e. The van der Waals surface area contributed by atoms with Gasteiger partial charge in [0.15, 0.2) is 0 Å². The predicted octanol–water partition coefficient (Wildman–Crippen LogP) is 2.35. The lowest BCUT2D eigenvalue weighted by atomic mass is 9.99. The van der Waals surface area contributed by atoms with Crippen molar-refractivity contribution in [1.29, 1.82) is 0 Å². The first-order chi connectivity index (χ1) is 12.2. The van der Waals surface area contributed by atoms with Gasteiger partial charge in [-0.1, -0.05) is 0 Å². The largest absolute Gasteiger partial charge is 0.494 e. The van der Waals surface area contributed by atoms with Crippen LogP contribution < -0.4 is 14.8 Å². The van der Waals surface area contributed by atoms with Crippen molar-refractivity contribution in [3.05, 3.63) is 35.4 Å². The standard InChI is InChI=1S/C19H26N4O2/c1-3-24-17-7-15-6-13(2)25-19(15)16(8-17)10-20-9-14-4-5-18-22-21-12-23(18)11-14/h7-8,12-14,20H,3-6,9-11H2,1-2H3/t13-,14+/m0/s1. The summed E-state index contributed by atoms with van der Waals surface area (Å²) >= 11 is 0. The second-order valence-corrected chi connectivity index (χ2v) is 7.07. The molecule has 1 N–H and O–H groups in total. The highest BCUT2D eigenvalue weighted by atomic mass is 16.5. The van der Waals surface area contributed by atoms with Crippen LogP contribution in [0.15, 0.2) is 18.5 Å². The van der Waals surface area contributed by atoms with E-state index in [0.717, 1.165) is 56.2 Å². The molecule has 4 rings (SSSR count). The van der Waals surface area contributed by atoms with Crippen LogP contribution in [0.25, 0.3) is 0 Å². The zero-order valence-electron chi connectivity index (χ0n) is 15.0. The SMILES string of the molecule is CCOc1cc(CNC[C@H]2CCc3nncn3C2)c2c(c1)C[C@H](C)O2. The molecule has 2 aliphatic heterocycles. The first-order valence-electron chi connectivity index (χ1n) is 9.25. The van der Waals surface area contributed by atoms with Crippen LogP contribution in [0.5, 0.6) is 11.5 Å². The summed E-state index contributed by atoms with van der Waals surface area (Å²) in [6, 6.07) is 4.24. The van der Waals surface area contributed by atoms with Crippen molar-refractivity contribution < 1.29 is 9.47 Å². The van der Waals surface area contributed by atoms with Gasteiger partial charge in [-0.15, -0.1) is 10.2 Å². The quantitative estimate of drug-likeness (QED) is 0.873. The van der Waals surface area contributed by atoms with E-state index < -0.39 is 0 Å². The molecule has 0 spiro atoms. The van der Waals surface area contributed by atoms with Gasteiger partial charge in [-0.05, 0) is 44.9 Å². The number of ether oxygens (including phenoxy) is 2. The Hall–Kier alpha value is -2.08. The molecular formula is C19H26N4O2. The number of aryl methyl sites for hydroxylation is 1. The van der Waals surface area contributed by atoms with Crippen molar-refractivity contribution in [2.75, 3.05) is 13.2 Å². The lowest BCUT2D eigenvalue weighted by Crippen LogP contribution is -2.29. The summed E-state index contributed by atoms with van der Waals surface area (Å²) in [5, 5.41) is 11.8. The van der Waals surface area contributed by atoms with E-state index in [4.69, 9.17) is 9.47 Å². The Morgan fingerprint density at radius 3 is 3.20 bits per heavy atom. The van der Waals surface area contributed by atoms with Crippen LogP contribution in [0, 0.1) is 5.92 Å². The molecule has 0 amide bonds. The van der Waals surface area contributed by atoms with Gasteiger partial charge in [0.1, 0.15) is 29.8 Å². The number of nitrogens with zero attached hydrogens (tertiary/aromatic N) is 3. The topological polar surface area (TPSA) is 61.2 Å². The fourth-order valence-electron chi connectivity index (χ4n) is 3.86. The molecule has 1 aromatic carbocycles. The molecule has 0 saturated heterocycles. The molecule has 0 radical (unpaired) electrons. The fraction of sp³-hybridized carbons (Fsp3) is 0.579. The van der Waals surface area contributed by atoms with Gasteiger partial charge in [-0.2, -0.15) is 0 Å². The van der Waals surface area contributed by atoms with Gasteiger partial charge < -0.3 is 19.4 Å². The zero-order valence-corrected chi connectivity index (χ0v) is 15.0. The number of hydrogen-bond acceptors (Lipinski definition) is 5. The third kappa shape index (κ3) is 3.49. The van der Waals surface area contributed by atoms with Crippen LogP contribution in [-0.4, -0.2) is 34.0 Å². The maximum atomic E-state index is 6.03. The number of hydrogen-bond donors (Lipinski definition) is 1. The average molecular weight is 342 g/mol. The molecular weight excluding hydrogens is 316 g/mol. The number of fused-ring (bicyclic) bond motifs is 2. The number of aromatic nitrogens is 3. The maximum absolute atomic E-state index is 6.03. The highest BCUT2D eigenvalue weighted by Crippen LogP contribution is 2.36. The molecule has 2 aromatic rings. The van der Waals surface area contributed by atoms with E-state index in [9.17, 15) is 0 Å². The summed E-state index contributed by atoms with van der Waals surface area (Å²) in [5.74, 6) is 3.73. The number of nitrogens with one attached hydrogen (secondary N) is 1. The highest BCUT2D eigenvalue weighted by molar-refractivity contribution is 5.49. The summed E-state index contributed by atoms with van der Waals surface area (Å²) in [6.45, 7) is 7.62. The molecule has 0 saturated carbocycles. The fourth-order valence-corrected chi connectivity index (χ4v) is 3.86. The molecule has 25 heavy (non-hydrogen) atoms. The van der Waals surface area contributed by atoms with Crippen LogP contribution >= 0.6 is 0 Å². The van der Waals surface area contributed by atoms with Crippen LogP contribution in [-0.2, 0) is 25.9 Å². The van der Waals surface area contributed by atoms with Gasteiger partial charge in [0.25, 0.3) is 0 Å². The Morgan fingerprint density at radius 1 is 1.40 bits per heavy atom. The van der Waals surface area contributed by atoms with Crippen molar-refractivity contribution in [3.8, 4) is 11.5 Å². The van der Waals surface area contributed by atoms with Crippen molar-refractivity contribution in [1.82, 2.24) is 20.1 Å². The third-order valence-corrected chi connectivity index (χ3v) is 5.03. The van der Waals surface area contributed by atoms with Crippen molar-refractivity contribution in [3.63, 3.8) is 0 Å². The highest BCUT2D eigenvalue weighted by Gasteiger charge is 2.24. The first kappa shape index (κ1) is 16.4. The van der Waals surface area contributed by atoms with Gasteiger partial charge >= 0.3 is 0 Å². The molecule has 1 aromatic heterocycles. The third-order valence-electron chi connectivity index (χ3n) is 5.03. The molecule has 0 aliphatic carbocycles. The van der Waals surface area contributed by atoms with E-state index in [-0.39, 0.29) is 6.10 Å². The van der Waals surface area contributed by atoms with E-state index in [1.807, 2.05) is 13.3 Å². The predicted molar refractivity (Wildman–Crippen MR) is 94.9 cm³/mol. The molecule has 6 nitrogen and oxygen atoms in total. The van der Waals surface area contributed by atoms with Gasteiger partial charge in [0, 0.05) is 37.1 Å². The van der Waals surface area contributed by atoms with Crippen LogP contribution in [0.2, 0.25) is 0 Å².